The molecule has 2 saturated heterocycles. The van der Waals surface area contributed by atoms with Crippen molar-refractivity contribution in [1.29, 1.82) is 0 Å². The van der Waals surface area contributed by atoms with Crippen LogP contribution in [0.25, 0.3) is 0 Å². The van der Waals surface area contributed by atoms with E-state index in [0.717, 1.165) is 6.04 Å². The first-order valence-corrected chi connectivity index (χ1v) is 7.68. The summed E-state index contributed by atoms with van der Waals surface area (Å²) >= 11 is 0. The van der Waals surface area contributed by atoms with E-state index in [9.17, 15) is 0 Å². The minimum atomic E-state index is 0.529. The Kier molecular flexibility index (Phi) is 4.87. The molecular weight excluding hydrogens is 208 g/mol. The van der Waals surface area contributed by atoms with Gasteiger partial charge in [0.15, 0.2) is 0 Å². The Hall–Kier alpha value is -0.0800. The molecule has 0 aromatic heterocycles. The van der Waals surface area contributed by atoms with Gasteiger partial charge in [0.1, 0.15) is 0 Å². The van der Waals surface area contributed by atoms with Crippen molar-refractivity contribution >= 4 is 0 Å². The average Bonchev–Trinajstić information content (AvgIpc) is 2.32. The van der Waals surface area contributed by atoms with Crippen LogP contribution in [0.4, 0.5) is 0 Å². The molecule has 2 rings (SSSR count). The lowest BCUT2D eigenvalue weighted by Crippen LogP contribution is -2.50. The lowest BCUT2D eigenvalue weighted by atomic mass is 9.81. The molecule has 0 radical (unpaired) electrons. The molecule has 17 heavy (non-hydrogen) atoms. The van der Waals surface area contributed by atoms with Crippen molar-refractivity contribution in [1.82, 2.24) is 10.2 Å². The van der Waals surface area contributed by atoms with Crippen molar-refractivity contribution in [3.63, 3.8) is 0 Å². The van der Waals surface area contributed by atoms with E-state index < -0.39 is 0 Å². The van der Waals surface area contributed by atoms with Crippen LogP contribution < -0.4 is 5.32 Å². The van der Waals surface area contributed by atoms with Gasteiger partial charge in [0.25, 0.3) is 0 Å². The van der Waals surface area contributed by atoms with Gasteiger partial charge in [-0.2, -0.15) is 0 Å². The minimum Gasteiger partial charge on any atom is -0.316 e. The summed E-state index contributed by atoms with van der Waals surface area (Å²) in [5, 5.41) is 3.59. The normalized spacial score (nSPS) is 36.0. The van der Waals surface area contributed by atoms with E-state index in [1.807, 2.05) is 0 Å². The molecule has 2 aliphatic heterocycles. The number of hydrogen-bond acceptors (Lipinski definition) is 2. The number of rotatable bonds is 4. The zero-order valence-corrected chi connectivity index (χ0v) is 11.8. The Morgan fingerprint density at radius 3 is 2.88 bits per heavy atom. The third-order valence-corrected chi connectivity index (χ3v) is 4.64. The number of nitrogens with zero attached hydrogens (tertiary/aromatic N) is 1. The van der Waals surface area contributed by atoms with E-state index in [2.05, 4.69) is 24.1 Å². The van der Waals surface area contributed by atoms with Gasteiger partial charge in [-0.1, -0.05) is 26.7 Å². The minimum absolute atomic E-state index is 0.529. The van der Waals surface area contributed by atoms with Gasteiger partial charge in [-0.25, -0.2) is 0 Å². The Morgan fingerprint density at radius 2 is 2.18 bits per heavy atom. The van der Waals surface area contributed by atoms with Gasteiger partial charge >= 0.3 is 0 Å². The van der Waals surface area contributed by atoms with Crippen LogP contribution in [0.2, 0.25) is 0 Å². The molecule has 2 heterocycles. The predicted molar refractivity (Wildman–Crippen MR) is 74.3 cm³/mol. The van der Waals surface area contributed by atoms with Gasteiger partial charge < -0.3 is 5.32 Å². The fourth-order valence-corrected chi connectivity index (χ4v) is 3.67. The summed E-state index contributed by atoms with van der Waals surface area (Å²) in [4.78, 5) is 2.81. The first kappa shape index (κ1) is 13.4. The third-order valence-electron chi connectivity index (χ3n) is 4.64. The number of hydrogen-bond donors (Lipinski definition) is 1. The van der Waals surface area contributed by atoms with Crippen molar-refractivity contribution in [3.05, 3.63) is 0 Å². The first-order valence-electron chi connectivity index (χ1n) is 7.68. The summed E-state index contributed by atoms with van der Waals surface area (Å²) in [6.07, 6.45) is 9.84. The summed E-state index contributed by atoms with van der Waals surface area (Å²) in [6, 6.07) is 0.882. The molecule has 0 spiro atoms. The molecule has 2 atom stereocenters. The molecule has 1 N–H and O–H groups in total. The lowest BCUT2D eigenvalue weighted by molar-refractivity contribution is 0.0692. The highest BCUT2D eigenvalue weighted by atomic mass is 15.2. The van der Waals surface area contributed by atoms with E-state index in [0.29, 0.717) is 5.41 Å². The molecule has 2 nitrogen and oxygen atoms in total. The SMILES string of the molecule is CCCC1CCCCN1CC1(C)CCCNC1. The fourth-order valence-electron chi connectivity index (χ4n) is 3.67. The molecule has 0 saturated carbocycles. The maximum absolute atomic E-state index is 3.59. The molecule has 2 unspecified atom stereocenters. The Balaban J connectivity index is 1.90. The van der Waals surface area contributed by atoms with Gasteiger partial charge in [0.05, 0.1) is 0 Å². The van der Waals surface area contributed by atoms with E-state index in [1.165, 1.54) is 71.1 Å². The largest absolute Gasteiger partial charge is 0.316 e. The summed E-state index contributed by atoms with van der Waals surface area (Å²) < 4.78 is 0. The number of nitrogens with one attached hydrogen (secondary N) is 1. The average molecular weight is 238 g/mol. The van der Waals surface area contributed by atoms with Crippen LogP contribution in [0.1, 0.15) is 58.8 Å². The van der Waals surface area contributed by atoms with Crippen molar-refractivity contribution in [2.45, 2.75) is 64.8 Å². The molecule has 0 amide bonds. The van der Waals surface area contributed by atoms with Gasteiger partial charge in [0.2, 0.25) is 0 Å². The van der Waals surface area contributed by atoms with E-state index >= 15 is 0 Å². The van der Waals surface area contributed by atoms with E-state index in [1.54, 1.807) is 0 Å². The quantitative estimate of drug-likeness (QED) is 0.810. The molecule has 0 aromatic rings. The van der Waals surface area contributed by atoms with Crippen molar-refractivity contribution in [2.24, 2.45) is 5.41 Å². The summed E-state index contributed by atoms with van der Waals surface area (Å²) in [5.41, 5.74) is 0.529. The standard InChI is InChI=1S/C15H30N2/c1-3-7-14-8-4-5-11-17(14)13-15(2)9-6-10-16-12-15/h14,16H,3-13H2,1-2H3. The van der Waals surface area contributed by atoms with E-state index in [4.69, 9.17) is 0 Å². The highest BCUT2D eigenvalue weighted by molar-refractivity contribution is 4.87. The molecule has 100 valence electrons. The van der Waals surface area contributed by atoms with Crippen LogP contribution in [-0.4, -0.2) is 37.1 Å². The van der Waals surface area contributed by atoms with Gasteiger partial charge in [-0.15, -0.1) is 0 Å². The molecule has 0 aliphatic carbocycles. The van der Waals surface area contributed by atoms with Crippen LogP contribution in [0.3, 0.4) is 0 Å². The maximum atomic E-state index is 3.59. The Bertz CT molecular complexity index is 219. The van der Waals surface area contributed by atoms with E-state index in [-0.39, 0.29) is 0 Å². The second-order valence-corrected chi connectivity index (χ2v) is 6.50. The second kappa shape index (κ2) is 6.19. The smallest absolute Gasteiger partial charge is 0.00954 e. The van der Waals surface area contributed by atoms with Gasteiger partial charge in [-0.05, 0) is 50.6 Å². The van der Waals surface area contributed by atoms with Crippen LogP contribution in [0.15, 0.2) is 0 Å². The van der Waals surface area contributed by atoms with Crippen molar-refractivity contribution < 1.29 is 0 Å². The molecule has 2 heteroatoms. The van der Waals surface area contributed by atoms with Crippen LogP contribution >= 0.6 is 0 Å². The zero-order chi connectivity index (χ0) is 12.1. The van der Waals surface area contributed by atoms with Gasteiger partial charge in [0, 0.05) is 19.1 Å². The van der Waals surface area contributed by atoms with Crippen LogP contribution in [-0.2, 0) is 0 Å². The second-order valence-electron chi connectivity index (χ2n) is 6.50. The summed E-state index contributed by atoms with van der Waals surface area (Å²) in [6.45, 7) is 9.94. The lowest BCUT2D eigenvalue weighted by Gasteiger charge is -2.43. The molecule has 2 aliphatic rings. The summed E-state index contributed by atoms with van der Waals surface area (Å²) in [5.74, 6) is 0. The number of piperidine rings is 2. The number of likely N-dealkylation sites (tertiary alicyclic amines) is 1. The highest BCUT2D eigenvalue weighted by Crippen LogP contribution is 2.30. The first-order chi connectivity index (χ1) is 8.23. The predicted octanol–water partition coefficient (Wildman–Crippen LogP) is 3.03. The maximum Gasteiger partial charge on any atom is 0.00954 e. The van der Waals surface area contributed by atoms with Gasteiger partial charge in [-0.3, -0.25) is 4.90 Å². The Labute approximate surface area is 107 Å². The van der Waals surface area contributed by atoms with Crippen molar-refractivity contribution in [3.8, 4) is 0 Å². The third kappa shape index (κ3) is 3.69. The molecule has 0 bridgehead atoms. The molecule has 2 fully saturated rings. The molecular formula is C15H30N2. The summed E-state index contributed by atoms with van der Waals surface area (Å²) in [7, 11) is 0. The topological polar surface area (TPSA) is 15.3 Å². The Morgan fingerprint density at radius 1 is 1.29 bits per heavy atom. The highest BCUT2D eigenvalue weighted by Gasteiger charge is 2.32. The van der Waals surface area contributed by atoms with Crippen LogP contribution in [0.5, 0.6) is 0 Å². The molecule has 0 aromatic carbocycles. The van der Waals surface area contributed by atoms with Crippen LogP contribution in [0, 0.1) is 5.41 Å². The van der Waals surface area contributed by atoms with Crippen molar-refractivity contribution in [2.75, 3.05) is 26.2 Å². The monoisotopic (exact) mass is 238 g/mol. The zero-order valence-electron chi connectivity index (χ0n) is 11.8. The fraction of sp³-hybridized carbons (Fsp3) is 1.00.